The first-order valence-corrected chi connectivity index (χ1v) is 5.99. The van der Waals surface area contributed by atoms with Crippen molar-refractivity contribution in [3.63, 3.8) is 0 Å². The lowest BCUT2D eigenvalue weighted by Gasteiger charge is -2.06. The van der Waals surface area contributed by atoms with Crippen molar-refractivity contribution in [3.05, 3.63) is 46.8 Å². The number of carboxylic acid groups (broad SMARTS) is 1. The van der Waals surface area contributed by atoms with E-state index in [0.717, 1.165) is 16.0 Å². The minimum absolute atomic E-state index is 0.331. The predicted molar refractivity (Wildman–Crippen MR) is 67.4 cm³/mol. The zero-order valence-electron chi connectivity index (χ0n) is 9.34. The Morgan fingerprint density at radius 1 is 1.41 bits per heavy atom. The van der Waals surface area contributed by atoms with E-state index in [1.165, 1.54) is 11.3 Å². The van der Waals surface area contributed by atoms with Crippen molar-refractivity contribution in [1.29, 1.82) is 0 Å². The van der Waals surface area contributed by atoms with Gasteiger partial charge in [-0.1, -0.05) is 24.3 Å². The van der Waals surface area contributed by atoms with Gasteiger partial charge >= 0.3 is 5.97 Å². The summed E-state index contributed by atoms with van der Waals surface area (Å²) in [6, 6.07) is 9.55. The lowest BCUT2D eigenvalue weighted by molar-refractivity contribution is 0.0697. The SMILES string of the molecule is COCc1ccccc1-c1cc(C(=O)O)cs1. The predicted octanol–water partition coefficient (Wildman–Crippen LogP) is 3.26. The molecule has 2 rings (SSSR count). The van der Waals surface area contributed by atoms with E-state index in [2.05, 4.69) is 0 Å². The Balaban J connectivity index is 2.41. The van der Waals surface area contributed by atoms with E-state index in [0.29, 0.717) is 12.2 Å². The van der Waals surface area contributed by atoms with E-state index in [4.69, 9.17) is 9.84 Å². The number of carboxylic acids is 1. The van der Waals surface area contributed by atoms with Crippen LogP contribution >= 0.6 is 11.3 Å². The molecule has 2 aromatic rings. The van der Waals surface area contributed by atoms with Crippen molar-refractivity contribution in [3.8, 4) is 10.4 Å². The smallest absolute Gasteiger partial charge is 0.336 e. The van der Waals surface area contributed by atoms with Crippen molar-refractivity contribution < 1.29 is 14.6 Å². The molecule has 17 heavy (non-hydrogen) atoms. The average Bonchev–Trinajstić information content (AvgIpc) is 2.79. The first-order valence-electron chi connectivity index (χ1n) is 5.11. The van der Waals surface area contributed by atoms with Gasteiger partial charge in [0.25, 0.3) is 0 Å². The first kappa shape index (κ1) is 11.8. The summed E-state index contributed by atoms with van der Waals surface area (Å²) in [4.78, 5) is 11.8. The second kappa shape index (κ2) is 5.12. The largest absolute Gasteiger partial charge is 0.478 e. The fourth-order valence-corrected chi connectivity index (χ4v) is 2.58. The van der Waals surface area contributed by atoms with Crippen molar-refractivity contribution in [1.82, 2.24) is 0 Å². The second-order valence-corrected chi connectivity index (χ2v) is 4.51. The van der Waals surface area contributed by atoms with Crippen LogP contribution in [0, 0.1) is 0 Å². The fourth-order valence-electron chi connectivity index (χ4n) is 1.63. The van der Waals surface area contributed by atoms with Gasteiger partial charge in [-0.3, -0.25) is 0 Å². The molecule has 0 spiro atoms. The van der Waals surface area contributed by atoms with Gasteiger partial charge in [0.05, 0.1) is 12.2 Å². The summed E-state index contributed by atoms with van der Waals surface area (Å²) in [6.07, 6.45) is 0. The van der Waals surface area contributed by atoms with Gasteiger partial charge in [0.1, 0.15) is 0 Å². The van der Waals surface area contributed by atoms with Gasteiger partial charge in [0.2, 0.25) is 0 Å². The number of rotatable bonds is 4. The maximum absolute atomic E-state index is 10.8. The van der Waals surface area contributed by atoms with Gasteiger partial charge in [-0.25, -0.2) is 4.79 Å². The Hall–Kier alpha value is -1.65. The Bertz CT molecular complexity index is 531. The van der Waals surface area contributed by atoms with Gasteiger partial charge in [0.15, 0.2) is 0 Å². The van der Waals surface area contributed by atoms with Crippen LogP contribution in [0.2, 0.25) is 0 Å². The highest BCUT2D eigenvalue weighted by molar-refractivity contribution is 7.13. The third-order valence-corrected chi connectivity index (χ3v) is 3.39. The number of methoxy groups -OCH3 is 1. The molecule has 0 aliphatic heterocycles. The number of hydrogen-bond donors (Lipinski definition) is 1. The van der Waals surface area contributed by atoms with E-state index in [9.17, 15) is 4.79 Å². The molecule has 0 aliphatic rings. The Morgan fingerprint density at radius 3 is 2.82 bits per heavy atom. The Morgan fingerprint density at radius 2 is 2.18 bits per heavy atom. The zero-order valence-corrected chi connectivity index (χ0v) is 10.2. The molecule has 3 nitrogen and oxygen atoms in total. The van der Waals surface area contributed by atoms with Gasteiger partial charge in [-0.15, -0.1) is 11.3 Å². The fraction of sp³-hybridized carbons (Fsp3) is 0.154. The zero-order chi connectivity index (χ0) is 12.3. The summed E-state index contributed by atoms with van der Waals surface area (Å²) in [7, 11) is 1.65. The number of carbonyl (C=O) groups is 1. The normalized spacial score (nSPS) is 10.4. The lowest BCUT2D eigenvalue weighted by Crippen LogP contribution is -1.92. The number of aromatic carboxylic acids is 1. The maximum atomic E-state index is 10.8. The summed E-state index contributed by atoms with van der Waals surface area (Å²) >= 11 is 1.43. The third kappa shape index (κ3) is 2.54. The molecule has 0 fully saturated rings. The van der Waals surface area contributed by atoms with E-state index >= 15 is 0 Å². The monoisotopic (exact) mass is 248 g/mol. The van der Waals surface area contributed by atoms with Crippen LogP contribution in [0.3, 0.4) is 0 Å². The van der Waals surface area contributed by atoms with E-state index in [-0.39, 0.29) is 0 Å². The molecule has 0 radical (unpaired) electrons. The highest BCUT2D eigenvalue weighted by atomic mass is 32.1. The molecular formula is C13H12O3S. The molecule has 0 saturated heterocycles. The highest BCUT2D eigenvalue weighted by Gasteiger charge is 2.10. The minimum Gasteiger partial charge on any atom is -0.478 e. The lowest BCUT2D eigenvalue weighted by atomic mass is 10.1. The summed E-state index contributed by atoms with van der Waals surface area (Å²) in [5.74, 6) is -0.892. The van der Waals surface area contributed by atoms with Crippen molar-refractivity contribution in [2.45, 2.75) is 6.61 Å². The van der Waals surface area contributed by atoms with Crippen LogP contribution in [-0.4, -0.2) is 18.2 Å². The number of benzene rings is 1. The molecule has 1 aromatic heterocycles. The van der Waals surface area contributed by atoms with Crippen LogP contribution in [0.15, 0.2) is 35.7 Å². The standard InChI is InChI=1S/C13H12O3S/c1-16-7-9-4-2-3-5-11(9)12-6-10(8-17-12)13(14)15/h2-6,8H,7H2,1H3,(H,14,15). The first-order chi connectivity index (χ1) is 8.22. The third-order valence-electron chi connectivity index (χ3n) is 2.43. The van der Waals surface area contributed by atoms with Crippen LogP contribution in [0.5, 0.6) is 0 Å². The Labute approximate surface area is 103 Å². The molecule has 0 bridgehead atoms. The van der Waals surface area contributed by atoms with Crippen LogP contribution in [0.4, 0.5) is 0 Å². The minimum atomic E-state index is -0.892. The molecular weight excluding hydrogens is 236 g/mol. The van der Waals surface area contributed by atoms with Gasteiger partial charge in [0, 0.05) is 17.4 Å². The van der Waals surface area contributed by atoms with Crippen LogP contribution in [0.1, 0.15) is 15.9 Å². The quantitative estimate of drug-likeness (QED) is 0.903. The molecule has 1 heterocycles. The molecule has 1 aromatic carbocycles. The summed E-state index contributed by atoms with van der Waals surface area (Å²) < 4.78 is 5.13. The highest BCUT2D eigenvalue weighted by Crippen LogP contribution is 2.30. The second-order valence-electron chi connectivity index (χ2n) is 3.59. The molecule has 0 aliphatic carbocycles. The van der Waals surface area contributed by atoms with E-state index in [1.807, 2.05) is 24.3 Å². The van der Waals surface area contributed by atoms with Crippen molar-refractivity contribution >= 4 is 17.3 Å². The molecule has 0 amide bonds. The number of hydrogen-bond acceptors (Lipinski definition) is 3. The summed E-state index contributed by atoms with van der Waals surface area (Å²) in [5, 5.41) is 10.6. The molecule has 0 unspecified atom stereocenters. The summed E-state index contributed by atoms with van der Waals surface area (Å²) in [5.41, 5.74) is 2.43. The maximum Gasteiger partial charge on any atom is 0.336 e. The summed E-state index contributed by atoms with van der Waals surface area (Å²) in [6.45, 7) is 0.524. The van der Waals surface area contributed by atoms with Gasteiger partial charge < -0.3 is 9.84 Å². The Kier molecular flexibility index (Phi) is 3.56. The van der Waals surface area contributed by atoms with Crippen LogP contribution < -0.4 is 0 Å². The molecule has 88 valence electrons. The molecule has 0 saturated carbocycles. The van der Waals surface area contributed by atoms with Crippen LogP contribution in [-0.2, 0) is 11.3 Å². The van der Waals surface area contributed by atoms with Crippen molar-refractivity contribution in [2.24, 2.45) is 0 Å². The van der Waals surface area contributed by atoms with Gasteiger partial charge in [-0.05, 0) is 17.2 Å². The molecule has 4 heteroatoms. The molecule has 0 atom stereocenters. The van der Waals surface area contributed by atoms with E-state index < -0.39 is 5.97 Å². The topological polar surface area (TPSA) is 46.5 Å². The van der Waals surface area contributed by atoms with Gasteiger partial charge in [-0.2, -0.15) is 0 Å². The average molecular weight is 248 g/mol. The van der Waals surface area contributed by atoms with Crippen LogP contribution in [0.25, 0.3) is 10.4 Å². The van der Waals surface area contributed by atoms with Crippen molar-refractivity contribution in [2.75, 3.05) is 7.11 Å². The van der Waals surface area contributed by atoms with E-state index in [1.54, 1.807) is 18.6 Å². The molecule has 1 N–H and O–H groups in total. The number of ether oxygens (including phenoxy) is 1. The number of thiophene rings is 1.